The first-order valence-corrected chi connectivity index (χ1v) is 6.54. The standard InChI is InChI=1S/C14H13FN2O2S/c1-2-3-11-12(16-7-17-13(11)20)8-4-9(14(18)19)6-10(15)5-8/h4-7H,2-3H2,1H3,(H,18,19)(H,16,17,20). The van der Waals surface area contributed by atoms with E-state index < -0.39 is 11.8 Å². The van der Waals surface area contributed by atoms with Crippen LogP contribution in [0.5, 0.6) is 0 Å². The Kier molecular flexibility index (Phi) is 4.24. The predicted octanol–water partition coefficient (Wildman–Crippen LogP) is 3.60. The summed E-state index contributed by atoms with van der Waals surface area (Å²) < 4.78 is 14.0. The van der Waals surface area contributed by atoms with E-state index in [0.717, 1.165) is 18.1 Å². The zero-order valence-electron chi connectivity index (χ0n) is 10.8. The fraction of sp³-hybridized carbons (Fsp3) is 0.214. The van der Waals surface area contributed by atoms with E-state index in [9.17, 15) is 9.18 Å². The molecule has 1 aromatic carbocycles. The molecular formula is C14H13FN2O2S. The number of benzene rings is 1. The van der Waals surface area contributed by atoms with Gasteiger partial charge in [0.2, 0.25) is 0 Å². The zero-order chi connectivity index (χ0) is 14.7. The molecule has 0 saturated heterocycles. The van der Waals surface area contributed by atoms with Gasteiger partial charge in [-0.2, -0.15) is 0 Å². The number of carbonyl (C=O) groups is 1. The first kappa shape index (κ1) is 14.3. The topological polar surface area (TPSA) is 66.0 Å². The Morgan fingerprint density at radius 1 is 1.45 bits per heavy atom. The van der Waals surface area contributed by atoms with E-state index >= 15 is 0 Å². The van der Waals surface area contributed by atoms with Gasteiger partial charge in [-0.25, -0.2) is 14.2 Å². The van der Waals surface area contributed by atoms with Gasteiger partial charge in [0.25, 0.3) is 0 Å². The number of aromatic carboxylic acids is 1. The minimum Gasteiger partial charge on any atom is -0.478 e. The van der Waals surface area contributed by atoms with Gasteiger partial charge >= 0.3 is 5.97 Å². The number of nitrogens with one attached hydrogen (secondary N) is 1. The van der Waals surface area contributed by atoms with Crippen molar-refractivity contribution in [3.8, 4) is 11.3 Å². The molecule has 20 heavy (non-hydrogen) atoms. The highest BCUT2D eigenvalue weighted by Gasteiger charge is 2.12. The van der Waals surface area contributed by atoms with E-state index in [4.69, 9.17) is 17.3 Å². The summed E-state index contributed by atoms with van der Waals surface area (Å²) in [6, 6.07) is 3.69. The Labute approximate surface area is 120 Å². The molecule has 104 valence electrons. The van der Waals surface area contributed by atoms with Crippen LogP contribution in [0.3, 0.4) is 0 Å². The van der Waals surface area contributed by atoms with Crippen molar-refractivity contribution in [3.63, 3.8) is 0 Å². The number of rotatable bonds is 4. The Morgan fingerprint density at radius 2 is 2.20 bits per heavy atom. The minimum absolute atomic E-state index is 0.0985. The molecule has 4 nitrogen and oxygen atoms in total. The summed E-state index contributed by atoms with van der Waals surface area (Å²) in [5, 5.41) is 9.00. The highest BCUT2D eigenvalue weighted by Crippen LogP contribution is 2.25. The number of H-pyrrole nitrogens is 1. The highest BCUT2D eigenvalue weighted by atomic mass is 32.1. The second kappa shape index (κ2) is 5.92. The summed E-state index contributed by atoms with van der Waals surface area (Å²) in [5.41, 5.74) is 1.78. The molecule has 1 aromatic heterocycles. The van der Waals surface area contributed by atoms with Crippen molar-refractivity contribution >= 4 is 18.2 Å². The maximum Gasteiger partial charge on any atom is 0.335 e. The monoisotopic (exact) mass is 292 g/mol. The Morgan fingerprint density at radius 3 is 2.85 bits per heavy atom. The van der Waals surface area contributed by atoms with Gasteiger partial charge in [0, 0.05) is 11.1 Å². The Bertz CT molecular complexity index is 713. The molecule has 1 heterocycles. The number of hydrogen-bond acceptors (Lipinski definition) is 3. The maximum absolute atomic E-state index is 13.6. The molecule has 0 aliphatic rings. The Hall–Kier alpha value is -2.08. The van der Waals surface area contributed by atoms with E-state index in [1.165, 1.54) is 18.5 Å². The van der Waals surface area contributed by atoms with Crippen molar-refractivity contribution in [2.75, 3.05) is 0 Å². The lowest BCUT2D eigenvalue weighted by Crippen LogP contribution is -2.01. The molecule has 0 saturated carbocycles. The molecule has 0 fully saturated rings. The number of hydrogen-bond donors (Lipinski definition) is 2. The van der Waals surface area contributed by atoms with E-state index in [2.05, 4.69) is 9.97 Å². The highest BCUT2D eigenvalue weighted by molar-refractivity contribution is 7.71. The number of nitrogens with zero attached hydrogens (tertiary/aromatic N) is 1. The lowest BCUT2D eigenvalue weighted by Gasteiger charge is -2.09. The van der Waals surface area contributed by atoms with Gasteiger partial charge in [0.1, 0.15) is 10.5 Å². The van der Waals surface area contributed by atoms with Gasteiger partial charge in [0.05, 0.1) is 17.6 Å². The molecule has 2 aromatic rings. The first-order chi connectivity index (χ1) is 9.52. The molecule has 2 rings (SSSR count). The second-order valence-electron chi connectivity index (χ2n) is 4.34. The van der Waals surface area contributed by atoms with Crippen LogP contribution >= 0.6 is 12.2 Å². The van der Waals surface area contributed by atoms with Crippen LogP contribution in [0.1, 0.15) is 29.3 Å². The van der Waals surface area contributed by atoms with Crippen LogP contribution in [0.15, 0.2) is 24.5 Å². The minimum atomic E-state index is -1.17. The molecule has 0 atom stereocenters. The normalized spacial score (nSPS) is 10.5. The molecule has 0 unspecified atom stereocenters. The molecule has 0 radical (unpaired) electrons. The second-order valence-corrected chi connectivity index (χ2v) is 4.73. The van der Waals surface area contributed by atoms with Crippen molar-refractivity contribution < 1.29 is 14.3 Å². The molecule has 6 heteroatoms. The van der Waals surface area contributed by atoms with Crippen LogP contribution in [0, 0.1) is 10.5 Å². The number of aromatic nitrogens is 2. The van der Waals surface area contributed by atoms with Crippen LogP contribution in [0.25, 0.3) is 11.3 Å². The summed E-state index contributed by atoms with van der Waals surface area (Å²) in [7, 11) is 0. The van der Waals surface area contributed by atoms with Crippen molar-refractivity contribution in [3.05, 3.63) is 46.1 Å². The van der Waals surface area contributed by atoms with Gasteiger partial charge in [-0.05, 0) is 24.6 Å². The summed E-state index contributed by atoms with van der Waals surface area (Å²) >= 11 is 5.18. The van der Waals surface area contributed by atoms with Gasteiger partial charge in [-0.1, -0.05) is 25.6 Å². The molecule has 0 amide bonds. The fourth-order valence-corrected chi connectivity index (χ4v) is 2.28. The van der Waals surface area contributed by atoms with Gasteiger partial charge in [-0.15, -0.1) is 0 Å². The van der Waals surface area contributed by atoms with Crippen LogP contribution in [0.2, 0.25) is 0 Å². The van der Waals surface area contributed by atoms with E-state index in [1.54, 1.807) is 0 Å². The van der Waals surface area contributed by atoms with Crippen molar-refractivity contribution in [1.82, 2.24) is 9.97 Å². The SMILES string of the molecule is CCCc1c(-c2cc(F)cc(C(=O)O)c2)[nH]cnc1=S. The fourth-order valence-electron chi connectivity index (χ4n) is 2.02. The van der Waals surface area contributed by atoms with Crippen molar-refractivity contribution in [2.24, 2.45) is 0 Å². The third-order valence-corrected chi connectivity index (χ3v) is 3.24. The number of halogens is 1. The summed E-state index contributed by atoms with van der Waals surface area (Å²) in [4.78, 5) is 18.0. The maximum atomic E-state index is 13.6. The first-order valence-electron chi connectivity index (χ1n) is 6.13. The van der Waals surface area contributed by atoms with Crippen LogP contribution in [0.4, 0.5) is 4.39 Å². The lowest BCUT2D eigenvalue weighted by atomic mass is 10.0. The quantitative estimate of drug-likeness (QED) is 0.845. The molecule has 0 aliphatic heterocycles. The average molecular weight is 292 g/mol. The largest absolute Gasteiger partial charge is 0.478 e. The molecular weight excluding hydrogens is 279 g/mol. The number of carboxylic acid groups (broad SMARTS) is 1. The van der Waals surface area contributed by atoms with E-state index in [-0.39, 0.29) is 5.56 Å². The molecule has 0 aliphatic carbocycles. The van der Waals surface area contributed by atoms with Gasteiger partial charge < -0.3 is 10.1 Å². The number of carboxylic acids is 1. The van der Waals surface area contributed by atoms with E-state index in [1.807, 2.05) is 6.92 Å². The summed E-state index contributed by atoms with van der Waals surface area (Å²) in [5.74, 6) is -1.77. The average Bonchev–Trinajstić information content (AvgIpc) is 2.40. The predicted molar refractivity (Wildman–Crippen MR) is 75.8 cm³/mol. The van der Waals surface area contributed by atoms with Gasteiger partial charge in [-0.3, -0.25) is 0 Å². The van der Waals surface area contributed by atoms with Crippen LogP contribution in [-0.2, 0) is 6.42 Å². The van der Waals surface area contributed by atoms with E-state index in [0.29, 0.717) is 22.3 Å². The third-order valence-electron chi connectivity index (χ3n) is 2.88. The molecule has 0 bridgehead atoms. The molecule has 0 spiro atoms. The summed E-state index contributed by atoms with van der Waals surface area (Å²) in [6.45, 7) is 2.00. The van der Waals surface area contributed by atoms with Crippen LogP contribution in [-0.4, -0.2) is 21.0 Å². The van der Waals surface area contributed by atoms with Crippen LogP contribution < -0.4 is 0 Å². The lowest BCUT2D eigenvalue weighted by molar-refractivity contribution is 0.0696. The zero-order valence-corrected chi connectivity index (χ0v) is 11.6. The van der Waals surface area contributed by atoms with Crippen molar-refractivity contribution in [1.29, 1.82) is 0 Å². The smallest absolute Gasteiger partial charge is 0.335 e. The third kappa shape index (κ3) is 2.91. The Balaban J connectivity index is 2.65. The summed E-state index contributed by atoms with van der Waals surface area (Å²) in [6.07, 6.45) is 2.98. The van der Waals surface area contributed by atoms with Gasteiger partial charge in [0.15, 0.2) is 0 Å². The van der Waals surface area contributed by atoms with Crippen molar-refractivity contribution in [2.45, 2.75) is 19.8 Å². The number of aromatic amines is 1. The molecule has 2 N–H and O–H groups in total.